The average Bonchev–Trinajstić information content (AvgIpc) is 3.91. The Kier molecular flexibility index (Phi) is 8.36. The molecule has 3 aromatic heterocycles. The van der Waals surface area contributed by atoms with Crippen molar-refractivity contribution in [2.75, 3.05) is 0 Å². The molecular formula is C59H36N4S. The fourth-order valence-electron chi connectivity index (χ4n) is 9.60. The van der Waals surface area contributed by atoms with Crippen LogP contribution in [0.1, 0.15) is 0 Å². The van der Waals surface area contributed by atoms with Crippen LogP contribution in [0, 0.1) is 0 Å². The Labute approximate surface area is 373 Å². The van der Waals surface area contributed by atoms with E-state index in [9.17, 15) is 0 Å². The molecule has 0 aliphatic rings. The maximum absolute atomic E-state index is 5.47. The topological polar surface area (TPSA) is 43.6 Å². The third-order valence-electron chi connectivity index (χ3n) is 12.7. The van der Waals surface area contributed by atoms with Gasteiger partial charge in [0, 0.05) is 47.6 Å². The lowest BCUT2D eigenvalue weighted by atomic mass is 9.96. The molecular weight excluding hydrogens is 797 g/mol. The zero-order chi connectivity index (χ0) is 42.1. The van der Waals surface area contributed by atoms with Crippen molar-refractivity contribution in [2.24, 2.45) is 0 Å². The van der Waals surface area contributed by atoms with Crippen LogP contribution in [0.5, 0.6) is 0 Å². The summed E-state index contributed by atoms with van der Waals surface area (Å²) in [4.78, 5) is 16.2. The minimum Gasteiger partial charge on any atom is -0.308 e. The number of fused-ring (bicyclic) bond motifs is 9. The van der Waals surface area contributed by atoms with Crippen LogP contribution in [0.15, 0.2) is 218 Å². The summed E-state index contributed by atoms with van der Waals surface area (Å²) < 4.78 is 4.97. The Bertz CT molecular complexity index is 3900. The first-order chi connectivity index (χ1) is 31.7. The van der Waals surface area contributed by atoms with Gasteiger partial charge in [-0.05, 0) is 86.3 Å². The van der Waals surface area contributed by atoms with E-state index >= 15 is 0 Å². The van der Waals surface area contributed by atoms with Gasteiger partial charge in [-0.2, -0.15) is 0 Å². The second kappa shape index (κ2) is 14.7. The van der Waals surface area contributed by atoms with Crippen LogP contribution in [-0.4, -0.2) is 19.5 Å². The number of para-hydroxylation sites is 2. The highest BCUT2D eigenvalue weighted by Gasteiger charge is 2.21. The number of hydrogen-bond donors (Lipinski definition) is 0. The fourth-order valence-corrected chi connectivity index (χ4v) is 10.7. The summed E-state index contributed by atoms with van der Waals surface area (Å²) >= 11 is 1.84. The molecule has 10 aromatic carbocycles. The van der Waals surface area contributed by atoms with E-state index in [0.29, 0.717) is 17.5 Å². The minimum atomic E-state index is 0.605. The lowest BCUT2D eigenvalue weighted by Crippen LogP contribution is -2.04. The molecule has 0 amide bonds. The van der Waals surface area contributed by atoms with Crippen molar-refractivity contribution >= 4 is 74.9 Å². The van der Waals surface area contributed by atoms with Gasteiger partial charge < -0.3 is 4.57 Å². The minimum absolute atomic E-state index is 0.605. The van der Waals surface area contributed by atoms with Gasteiger partial charge in [0.1, 0.15) is 0 Å². The van der Waals surface area contributed by atoms with Crippen molar-refractivity contribution in [1.82, 2.24) is 19.5 Å². The zero-order valence-corrected chi connectivity index (χ0v) is 35.3. The van der Waals surface area contributed by atoms with Gasteiger partial charge in [-0.25, -0.2) is 15.0 Å². The van der Waals surface area contributed by atoms with Crippen LogP contribution in [0.25, 0.3) is 126 Å². The van der Waals surface area contributed by atoms with E-state index < -0.39 is 0 Å². The van der Waals surface area contributed by atoms with Gasteiger partial charge in [0.2, 0.25) is 0 Å². The van der Waals surface area contributed by atoms with Crippen LogP contribution in [0.2, 0.25) is 0 Å². The number of thiophene rings is 1. The van der Waals surface area contributed by atoms with E-state index in [4.69, 9.17) is 15.0 Å². The van der Waals surface area contributed by atoms with E-state index in [1.54, 1.807) is 0 Å². The van der Waals surface area contributed by atoms with Gasteiger partial charge in [-0.15, -0.1) is 11.3 Å². The number of rotatable bonds is 6. The standard InChI is InChI=1S/C59H36N4S/c1-2-14-37(15-3-1)40-31-33-50(54(35-40)63-52-23-11-8-20-46(52)47-21-9-12-24-53(47)63)58-60-57(61-59(62-58)51-34-42-16-4-5-17-43(42)44-18-6-7-19-45(44)51)39-28-26-38(27-29-39)41-30-32-49-48-22-10-13-25-55(48)64-56(49)36-41/h1-36H. The largest absolute Gasteiger partial charge is 0.308 e. The molecule has 0 atom stereocenters. The second-order valence-electron chi connectivity index (χ2n) is 16.4. The van der Waals surface area contributed by atoms with Crippen molar-refractivity contribution in [3.05, 3.63) is 218 Å². The van der Waals surface area contributed by atoms with Gasteiger partial charge in [0.25, 0.3) is 0 Å². The van der Waals surface area contributed by atoms with E-state index in [0.717, 1.165) is 66.3 Å². The molecule has 0 fully saturated rings. The van der Waals surface area contributed by atoms with Crippen LogP contribution in [-0.2, 0) is 0 Å². The second-order valence-corrected chi connectivity index (χ2v) is 17.4. The van der Waals surface area contributed by atoms with E-state index in [1.807, 2.05) is 11.3 Å². The third-order valence-corrected chi connectivity index (χ3v) is 13.8. The molecule has 0 saturated heterocycles. The van der Waals surface area contributed by atoms with Crippen molar-refractivity contribution in [1.29, 1.82) is 0 Å². The van der Waals surface area contributed by atoms with E-state index in [2.05, 4.69) is 223 Å². The van der Waals surface area contributed by atoms with Crippen LogP contribution >= 0.6 is 11.3 Å². The summed E-state index contributed by atoms with van der Waals surface area (Å²) in [6.45, 7) is 0. The van der Waals surface area contributed by atoms with Gasteiger partial charge in [-0.3, -0.25) is 0 Å². The van der Waals surface area contributed by atoms with Crippen LogP contribution < -0.4 is 0 Å². The maximum atomic E-state index is 5.47. The lowest BCUT2D eigenvalue weighted by molar-refractivity contribution is 1.07. The lowest BCUT2D eigenvalue weighted by Gasteiger charge is -2.17. The Hall–Kier alpha value is -8.25. The average molecular weight is 833 g/mol. The highest BCUT2D eigenvalue weighted by molar-refractivity contribution is 7.25. The van der Waals surface area contributed by atoms with E-state index in [-0.39, 0.29) is 0 Å². The van der Waals surface area contributed by atoms with Crippen LogP contribution in [0.4, 0.5) is 0 Å². The first-order valence-electron chi connectivity index (χ1n) is 21.6. The molecule has 5 heteroatoms. The molecule has 0 aliphatic heterocycles. The van der Waals surface area contributed by atoms with Gasteiger partial charge in [0.15, 0.2) is 17.5 Å². The van der Waals surface area contributed by atoms with Gasteiger partial charge in [0.05, 0.1) is 16.7 Å². The number of nitrogens with zero attached hydrogens (tertiary/aromatic N) is 4. The molecule has 64 heavy (non-hydrogen) atoms. The van der Waals surface area contributed by atoms with Crippen molar-refractivity contribution in [3.8, 4) is 62.1 Å². The van der Waals surface area contributed by atoms with Crippen molar-refractivity contribution in [2.45, 2.75) is 0 Å². The molecule has 0 spiro atoms. The molecule has 0 saturated carbocycles. The van der Waals surface area contributed by atoms with Crippen LogP contribution in [0.3, 0.4) is 0 Å². The molecule has 0 unspecified atom stereocenters. The maximum Gasteiger partial charge on any atom is 0.166 e. The van der Waals surface area contributed by atoms with Gasteiger partial charge in [-0.1, -0.05) is 176 Å². The number of benzene rings is 10. The summed E-state index contributed by atoms with van der Waals surface area (Å²) in [5.41, 5.74) is 10.6. The molecule has 0 bridgehead atoms. The molecule has 0 radical (unpaired) electrons. The molecule has 4 nitrogen and oxygen atoms in total. The molecule has 13 rings (SSSR count). The Balaban J connectivity index is 1.04. The fraction of sp³-hybridized carbons (Fsp3) is 0. The Morgan fingerprint density at radius 3 is 1.58 bits per heavy atom. The molecule has 13 aromatic rings. The smallest absolute Gasteiger partial charge is 0.166 e. The highest BCUT2D eigenvalue weighted by atomic mass is 32.1. The van der Waals surface area contributed by atoms with Gasteiger partial charge >= 0.3 is 0 Å². The number of hydrogen-bond acceptors (Lipinski definition) is 4. The summed E-state index contributed by atoms with van der Waals surface area (Å²) in [7, 11) is 0. The Morgan fingerprint density at radius 1 is 0.297 bits per heavy atom. The summed E-state index contributed by atoms with van der Waals surface area (Å²) in [5, 5.41) is 9.59. The molecule has 298 valence electrons. The van der Waals surface area contributed by atoms with Crippen molar-refractivity contribution in [3.63, 3.8) is 0 Å². The predicted molar refractivity (Wildman–Crippen MR) is 269 cm³/mol. The summed E-state index contributed by atoms with van der Waals surface area (Å²) in [6.07, 6.45) is 0. The zero-order valence-electron chi connectivity index (χ0n) is 34.5. The summed E-state index contributed by atoms with van der Waals surface area (Å²) in [6, 6.07) is 78.1. The number of aromatic nitrogens is 4. The highest BCUT2D eigenvalue weighted by Crippen LogP contribution is 2.41. The first kappa shape index (κ1) is 36.4. The first-order valence-corrected chi connectivity index (χ1v) is 22.4. The molecule has 0 aliphatic carbocycles. The van der Waals surface area contributed by atoms with E-state index in [1.165, 1.54) is 41.9 Å². The molecule has 0 N–H and O–H groups in total. The predicted octanol–water partition coefficient (Wildman–Crippen LogP) is 16.0. The third kappa shape index (κ3) is 5.93. The summed E-state index contributed by atoms with van der Waals surface area (Å²) in [5.74, 6) is 1.85. The van der Waals surface area contributed by atoms with Crippen molar-refractivity contribution < 1.29 is 0 Å². The quantitative estimate of drug-likeness (QED) is 0.157. The Morgan fingerprint density at radius 2 is 0.812 bits per heavy atom. The monoisotopic (exact) mass is 832 g/mol. The SMILES string of the molecule is c1ccc(-c2ccc(-c3nc(-c4ccc(-c5ccc6c(c5)sc5ccccc56)cc4)nc(-c4cc5ccccc5c5ccccc45)n3)c(-n3c4ccccc4c4ccccc43)c2)cc1. The normalized spacial score (nSPS) is 11.8. The molecule has 3 heterocycles.